The highest BCUT2D eigenvalue weighted by molar-refractivity contribution is 7.99. The van der Waals surface area contributed by atoms with Crippen LogP contribution in [-0.4, -0.2) is 27.5 Å². The fraction of sp³-hybridized carbons (Fsp3) is 0.600. The summed E-state index contributed by atoms with van der Waals surface area (Å²) in [4.78, 5) is 7.85. The van der Waals surface area contributed by atoms with Gasteiger partial charge in [-0.15, -0.1) is 0 Å². The van der Waals surface area contributed by atoms with Crippen molar-refractivity contribution < 1.29 is 0 Å². The van der Waals surface area contributed by atoms with Crippen LogP contribution in [0.2, 0.25) is 10.3 Å². The number of aromatic nitrogens is 2. The molecule has 1 N–H and O–H groups in total. The van der Waals surface area contributed by atoms with E-state index in [1.807, 2.05) is 11.8 Å². The summed E-state index contributed by atoms with van der Waals surface area (Å²) in [5.41, 5.74) is 0. The summed E-state index contributed by atoms with van der Waals surface area (Å²) in [5.74, 6) is 2.88. The number of nitrogens with one attached hydrogen (secondary N) is 1. The van der Waals surface area contributed by atoms with Crippen molar-refractivity contribution in [2.45, 2.75) is 26.3 Å². The first-order valence-corrected chi connectivity index (χ1v) is 7.07. The van der Waals surface area contributed by atoms with Gasteiger partial charge in [0.05, 0.1) is 6.20 Å². The summed E-state index contributed by atoms with van der Waals surface area (Å²) in [7, 11) is 0. The Bertz CT molecular complexity index is 336. The van der Waals surface area contributed by atoms with Crippen molar-refractivity contribution in [3.05, 3.63) is 16.5 Å². The first kappa shape index (κ1) is 13.9. The van der Waals surface area contributed by atoms with Crippen LogP contribution in [0.4, 0.5) is 5.82 Å². The molecule has 0 aliphatic carbocycles. The van der Waals surface area contributed by atoms with Gasteiger partial charge in [0.1, 0.15) is 10.8 Å². The van der Waals surface area contributed by atoms with Crippen molar-refractivity contribution in [3.8, 4) is 0 Å². The highest BCUT2D eigenvalue weighted by atomic mass is 35.5. The minimum Gasteiger partial charge on any atom is -0.366 e. The molecule has 0 spiro atoms. The smallest absolute Gasteiger partial charge is 0.224 e. The molecule has 0 bridgehead atoms. The Balaban J connectivity index is 2.48. The van der Waals surface area contributed by atoms with Crippen molar-refractivity contribution in [2.24, 2.45) is 0 Å². The van der Waals surface area contributed by atoms with E-state index in [0.717, 1.165) is 17.9 Å². The van der Waals surface area contributed by atoms with Gasteiger partial charge in [-0.2, -0.15) is 16.7 Å². The van der Waals surface area contributed by atoms with Crippen LogP contribution in [0.25, 0.3) is 0 Å². The molecule has 1 aromatic rings. The Morgan fingerprint density at radius 1 is 1.50 bits per heavy atom. The van der Waals surface area contributed by atoms with Crippen LogP contribution in [0.1, 0.15) is 20.3 Å². The van der Waals surface area contributed by atoms with Crippen LogP contribution >= 0.6 is 35.0 Å². The van der Waals surface area contributed by atoms with Gasteiger partial charge in [-0.05, 0) is 36.5 Å². The topological polar surface area (TPSA) is 37.8 Å². The first-order valence-electron chi connectivity index (χ1n) is 5.15. The van der Waals surface area contributed by atoms with E-state index in [1.54, 1.807) is 0 Å². The Morgan fingerprint density at radius 3 is 2.94 bits per heavy atom. The third-order valence-electron chi connectivity index (χ3n) is 2.00. The molecule has 0 radical (unpaired) electrons. The van der Waals surface area contributed by atoms with Crippen molar-refractivity contribution in [3.63, 3.8) is 0 Å². The van der Waals surface area contributed by atoms with Gasteiger partial charge in [-0.25, -0.2) is 4.98 Å². The fourth-order valence-corrected chi connectivity index (χ4v) is 2.24. The van der Waals surface area contributed by atoms with Gasteiger partial charge in [-0.3, -0.25) is 0 Å². The van der Waals surface area contributed by atoms with Crippen LogP contribution in [0, 0.1) is 0 Å². The Kier molecular flexibility index (Phi) is 6.24. The maximum absolute atomic E-state index is 5.95. The molecule has 0 saturated carbocycles. The maximum Gasteiger partial charge on any atom is 0.224 e. The molecular formula is C10H15Cl2N3S. The van der Waals surface area contributed by atoms with Gasteiger partial charge >= 0.3 is 0 Å². The third-order valence-corrected chi connectivity index (χ3v) is 3.39. The number of halogens is 2. The van der Waals surface area contributed by atoms with Gasteiger partial charge in [0, 0.05) is 6.04 Å². The molecule has 0 amide bonds. The van der Waals surface area contributed by atoms with E-state index >= 15 is 0 Å². The zero-order valence-electron chi connectivity index (χ0n) is 9.33. The second-order valence-corrected chi connectivity index (χ2v) is 5.51. The quantitative estimate of drug-likeness (QED) is 0.636. The number of rotatable bonds is 6. The Hall–Kier alpha value is -0.190. The molecule has 0 fully saturated rings. The lowest BCUT2D eigenvalue weighted by molar-refractivity contribution is 0.766. The summed E-state index contributed by atoms with van der Waals surface area (Å²) in [6, 6.07) is 0.322. The second kappa shape index (κ2) is 7.20. The molecule has 3 nitrogen and oxygen atoms in total. The minimum atomic E-state index is 0.210. The summed E-state index contributed by atoms with van der Waals surface area (Å²) in [5, 5.41) is 3.94. The van der Waals surface area contributed by atoms with E-state index < -0.39 is 0 Å². The van der Waals surface area contributed by atoms with Gasteiger partial charge in [0.2, 0.25) is 5.28 Å². The molecule has 0 aliphatic rings. The SMILES string of the molecule is CCSCCC(C)Nc1nc(Cl)ncc1Cl. The van der Waals surface area contributed by atoms with Crippen molar-refractivity contribution in [1.29, 1.82) is 0 Å². The van der Waals surface area contributed by atoms with Crippen molar-refractivity contribution in [1.82, 2.24) is 9.97 Å². The molecule has 1 unspecified atom stereocenters. The zero-order valence-corrected chi connectivity index (χ0v) is 11.7. The van der Waals surface area contributed by atoms with Gasteiger partial charge in [-0.1, -0.05) is 18.5 Å². The number of hydrogen-bond acceptors (Lipinski definition) is 4. The van der Waals surface area contributed by atoms with E-state index in [0.29, 0.717) is 16.9 Å². The third kappa shape index (κ3) is 4.76. The molecule has 0 saturated heterocycles. The number of hydrogen-bond donors (Lipinski definition) is 1. The van der Waals surface area contributed by atoms with Crippen LogP contribution in [0.3, 0.4) is 0 Å². The number of thioether (sulfide) groups is 1. The molecule has 1 aromatic heterocycles. The Labute approximate surface area is 110 Å². The maximum atomic E-state index is 5.95. The summed E-state index contributed by atoms with van der Waals surface area (Å²) in [6.07, 6.45) is 2.57. The van der Waals surface area contributed by atoms with E-state index in [2.05, 4.69) is 29.1 Å². The van der Waals surface area contributed by atoms with Crippen LogP contribution in [-0.2, 0) is 0 Å². The molecule has 0 aromatic carbocycles. The van der Waals surface area contributed by atoms with Gasteiger partial charge < -0.3 is 5.32 Å². The normalized spacial score (nSPS) is 12.5. The van der Waals surface area contributed by atoms with E-state index in [1.165, 1.54) is 6.20 Å². The van der Waals surface area contributed by atoms with Gasteiger partial charge in [0.25, 0.3) is 0 Å². The molecule has 6 heteroatoms. The number of nitrogens with zero attached hydrogens (tertiary/aromatic N) is 2. The predicted octanol–water partition coefficient (Wildman–Crippen LogP) is 3.73. The van der Waals surface area contributed by atoms with Crippen LogP contribution in [0.15, 0.2) is 6.20 Å². The monoisotopic (exact) mass is 279 g/mol. The molecule has 16 heavy (non-hydrogen) atoms. The van der Waals surface area contributed by atoms with Crippen molar-refractivity contribution >= 4 is 40.8 Å². The molecule has 1 heterocycles. The molecule has 0 aliphatic heterocycles. The average molecular weight is 280 g/mol. The summed E-state index contributed by atoms with van der Waals surface area (Å²) < 4.78 is 0. The largest absolute Gasteiger partial charge is 0.366 e. The van der Waals surface area contributed by atoms with Crippen LogP contribution in [0.5, 0.6) is 0 Å². The van der Waals surface area contributed by atoms with E-state index in [9.17, 15) is 0 Å². The lowest BCUT2D eigenvalue weighted by atomic mass is 10.2. The minimum absolute atomic E-state index is 0.210. The van der Waals surface area contributed by atoms with E-state index in [4.69, 9.17) is 23.2 Å². The second-order valence-electron chi connectivity index (χ2n) is 3.37. The average Bonchev–Trinajstić information content (AvgIpc) is 2.24. The lowest BCUT2D eigenvalue weighted by Gasteiger charge is -2.14. The Morgan fingerprint density at radius 2 is 2.25 bits per heavy atom. The van der Waals surface area contributed by atoms with E-state index in [-0.39, 0.29) is 5.28 Å². The summed E-state index contributed by atoms with van der Waals surface area (Å²) >= 11 is 13.6. The predicted molar refractivity (Wildman–Crippen MR) is 72.8 cm³/mol. The molecule has 1 atom stereocenters. The summed E-state index contributed by atoms with van der Waals surface area (Å²) in [6.45, 7) is 4.26. The molecule has 1 rings (SSSR count). The van der Waals surface area contributed by atoms with Crippen LogP contribution < -0.4 is 5.32 Å². The fourth-order valence-electron chi connectivity index (χ4n) is 1.16. The first-order chi connectivity index (χ1) is 7.63. The standard InChI is InChI=1S/C10H15Cl2N3S/c1-3-16-5-4-7(2)14-9-8(11)6-13-10(12)15-9/h6-7H,3-5H2,1-2H3,(H,13,14,15). The highest BCUT2D eigenvalue weighted by Gasteiger charge is 2.07. The molecule has 90 valence electrons. The zero-order chi connectivity index (χ0) is 12.0. The molecular weight excluding hydrogens is 265 g/mol. The highest BCUT2D eigenvalue weighted by Crippen LogP contribution is 2.20. The lowest BCUT2D eigenvalue weighted by Crippen LogP contribution is -2.17. The van der Waals surface area contributed by atoms with Crippen molar-refractivity contribution in [2.75, 3.05) is 16.8 Å². The number of anilines is 1. The van der Waals surface area contributed by atoms with Gasteiger partial charge in [0.15, 0.2) is 0 Å².